The van der Waals surface area contributed by atoms with E-state index in [9.17, 15) is 13.2 Å². The van der Waals surface area contributed by atoms with E-state index >= 15 is 0 Å². The van der Waals surface area contributed by atoms with E-state index in [0.29, 0.717) is 17.1 Å². The molecule has 9 heteroatoms. The first-order valence-electron chi connectivity index (χ1n) is 10.5. The first kappa shape index (κ1) is 25.2. The fourth-order valence-corrected chi connectivity index (χ4v) is 4.54. The van der Waals surface area contributed by atoms with Crippen molar-refractivity contribution in [1.82, 2.24) is 5.32 Å². The Kier molecular flexibility index (Phi) is 7.90. The van der Waals surface area contributed by atoms with E-state index in [1.165, 1.54) is 12.1 Å². The molecule has 0 heterocycles. The summed E-state index contributed by atoms with van der Waals surface area (Å²) in [5.74, 6) is 0.232. The maximum absolute atomic E-state index is 12.7. The third-order valence-corrected chi connectivity index (χ3v) is 6.59. The van der Waals surface area contributed by atoms with Gasteiger partial charge in [0.1, 0.15) is 5.75 Å². The summed E-state index contributed by atoms with van der Waals surface area (Å²) in [6, 6.07) is 17.3. The molecule has 0 bridgehead atoms. The van der Waals surface area contributed by atoms with Crippen LogP contribution in [0.4, 0.5) is 11.4 Å². The number of carbonyl (C=O) groups excluding carboxylic acids is 1. The van der Waals surface area contributed by atoms with Gasteiger partial charge in [-0.1, -0.05) is 29.8 Å². The van der Waals surface area contributed by atoms with E-state index in [4.69, 9.17) is 17.0 Å². The number of carbonyl (C=O) groups is 1. The van der Waals surface area contributed by atoms with Crippen molar-refractivity contribution in [3.63, 3.8) is 0 Å². The highest BCUT2D eigenvalue weighted by molar-refractivity contribution is 7.92. The molecule has 3 rings (SSSR count). The first-order valence-corrected chi connectivity index (χ1v) is 12.4. The van der Waals surface area contributed by atoms with E-state index < -0.39 is 15.9 Å². The summed E-state index contributed by atoms with van der Waals surface area (Å²) in [4.78, 5) is 12.3. The molecule has 1 amide bonds. The van der Waals surface area contributed by atoms with Gasteiger partial charge in [-0.3, -0.25) is 14.8 Å². The molecule has 0 aliphatic rings. The van der Waals surface area contributed by atoms with Gasteiger partial charge in [-0.15, -0.1) is 0 Å². The van der Waals surface area contributed by atoms with E-state index in [1.807, 2.05) is 58.0 Å². The van der Waals surface area contributed by atoms with Crippen LogP contribution in [0.5, 0.6) is 5.75 Å². The highest BCUT2D eigenvalue weighted by Gasteiger charge is 2.15. The number of ether oxygens (including phenoxy) is 1. The Hall–Kier alpha value is -3.43. The molecule has 34 heavy (non-hydrogen) atoms. The number of hydrogen-bond donors (Lipinski definition) is 3. The van der Waals surface area contributed by atoms with Crippen LogP contribution >= 0.6 is 12.2 Å². The predicted molar refractivity (Wildman–Crippen MR) is 139 cm³/mol. The van der Waals surface area contributed by atoms with Crippen LogP contribution < -0.4 is 20.1 Å². The van der Waals surface area contributed by atoms with Crippen molar-refractivity contribution < 1.29 is 17.9 Å². The minimum atomic E-state index is -3.75. The summed E-state index contributed by atoms with van der Waals surface area (Å²) in [5, 5.41) is 5.49. The Balaban J connectivity index is 1.55. The van der Waals surface area contributed by atoms with Gasteiger partial charge in [0.15, 0.2) is 11.7 Å². The van der Waals surface area contributed by atoms with Crippen molar-refractivity contribution in [2.75, 3.05) is 16.6 Å². The van der Waals surface area contributed by atoms with E-state index in [2.05, 4.69) is 15.4 Å². The fourth-order valence-electron chi connectivity index (χ4n) is 3.18. The zero-order chi connectivity index (χ0) is 24.9. The number of aryl methyl sites for hydroxylation is 4. The van der Waals surface area contributed by atoms with Crippen molar-refractivity contribution in [3.8, 4) is 5.75 Å². The number of sulfonamides is 1. The zero-order valence-electron chi connectivity index (χ0n) is 19.4. The molecule has 0 saturated heterocycles. The number of nitrogens with one attached hydrogen (secondary N) is 3. The van der Waals surface area contributed by atoms with Gasteiger partial charge in [0.05, 0.1) is 10.6 Å². The molecule has 0 aromatic heterocycles. The fraction of sp³-hybridized carbons (Fsp3) is 0.200. The van der Waals surface area contributed by atoms with Gasteiger partial charge in [-0.05, 0) is 93.0 Å². The number of amides is 1. The summed E-state index contributed by atoms with van der Waals surface area (Å²) in [6.45, 7) is 7.46. The smallest absolute Gasteiger partial charge is 0.264 e. The van der Waals surface area contributed by atoms with Gasteiger partial charge in [-0.25, -0.2) is 8.42 Å². The molecule has 3 aromatic rings. The lowest BCUT2D eigenvalue weighted by atomic mass is 10.1. The first-order chi connectivity index (χ1) is 16.0. The Morgan fingerprint density at radius 3 is 2.21 bits per heavy atom. The molecule has 0 aliphatic heterocycles. The lowest BCUT2D eigenvalue weighted by Gasteiger charge is -2.13. The maximum Gasteiger partial charge on any atom is 0.264 e. The summed E-state index contributed by atoms with van der Waals surface area (Å²) < 4.78 is 33.6. The topological polar surface area (TPSA) is 96.5 Å². The molecule has 0 fully saturated rings. The van der Waals surface area contributed by atoms with Gasteiger partial charge in [0.2, 0.25) is 0 Å². The van der Waals surface area contributed by atoms with Crippen molar-refractivity contribution in [3.05, 3.63) is 82.9 Å². The molecule has 0 saturated carbocycles. The van der Waals surface area contributed by atoms with Crippen LogP contribution in [0.3, 0.4) is 0 Å². The third-order valence-electron chi connectivity index (χ3n) is 5.00. The molecule has 0 radical (unpaired) electrons. The van der Waals surface area contributed by atoms with E-state index in [-0.39, 0.29) is 16.6 Å². The SMILES string of the molecule is Cc1ccc(NS(=O)(=O)c2ccc(NC(=S)NC(=O)COc3cc(C)ccc3C)cc2)c(C)c1. The molecule has 0 unspecified atom stereocenters. The van der Waals surface area contributed by atoms with Crippen LogP contribution in [0.25, 0.3) is 0 Å². The van der Waals surface area contributed by atoms with E-state index in [0.717, 1.165) is 22.3 Å². The number of benzene rings is 3. The normalized spacial score (nSPS) is 10.9. The van der Waals surface area contributed by atoms with Crippen LogP contribution in [0.2, 0.25) is 0 Å². The molecule has 3 aromatic carbocycles. The number of hydrogen-bond acceptors (Lipinski definition) is 5. The number of anilines is 2. The van der Waals surface area contributed by atoms with Crippen LogP contribution in [-0.4, -0.2) is 26.0 Å². The number of thiocarbonyl (C=S) groups is 1. The monoisotopic (exact) mass is 497 g/mol. The molecule has 0 spiro atoms. The van der Waals surface area contributed by atoms with Gasteiger partial charge in [0, 0.05) is 5.69 Å². The average Bonchev–Trinajstić information content (AvgIpc) is 2.76. The summed E-state index contributed by atoms with van der Waals surface area (Å²) in [6.07, 6.45) is 0. The molecular weight excluding hydrogens is 470 g/mol. The summed E-state index contributed by atoms with van der Waals surface area (Å²) in [5.41, 5.74) is 4.92. The largest absolute Gasteiger partial charge is 0.483 e. The summed E-state index contributed by atoms with van der Waals surface area (Å²) >= 11 is 5.18. The van der Waals surface area contributed by atoms with Gasteiger partial charge < -0.3 is 10.1 Å². The van der Waals surface area contributed by atoms with Gasteiger partial charge in [0.25, 0.3) is 15.9 Å². The average molecular weight is 498 g/mol. The van der Waals surface area contributed by atoms with Crippen LogP contribution in [0, 0.1) is 27.7 Å². The second-order valence-electron chi connectivity index (χ2n) is 8.01. The highest BCUT2D eigenvalue weighted by atomic mass is 32.2. The minimum absolute atomic E-state index is 0.0820. The Bertz CT molecular complexity index is 1320. The van der Waals surface area contributed by atoms with Crippen molar-refractivity contribution in [1.29, 1.82) is 0 Å². The minimum Gasteiger partial charge on any atom is -0.483 e. The van der Waals surface area contributed by atoms with Gasteiger partial charge >= 0.3 is 0 Å². The standard InChI is InChI=1S/C25H27N3O4S2/c1-16-6-12-22(19(4)13-16)28-34(30,31)21-10-8-20(9-11-21)26-25(33)27-24(29)15-32-23-14-17(2)5-7-18(23)3/h5-14,28H,15H2,1-4H3,(H2,26,27,29,33). The molecule has 0 aliphatic carbocycles. The molecule has 7 nitrogen and oxygen atoms in total. The highest BCUT2D eigenvalue weighted by Crippen LogP contribution is 2.22. The second kappa shape index (κ2) is 10.7. The Morgan fingerprint density at radius 1 is 0.882 bits per heavy atom. The molecule has 0 atom stereocenters. The second-order valence-corrected chi connectivity index (χ2v) is 10.1. The maximum atomic E-state index is 12.7. The van der Waals surface area contributed by atoms with Crippen molar-refractivity contribution >= 4 is 44.6 Å². The van der Waals surface area contributed by atoms with Crippen molar-refractivity contribution in [2.24, 2.45) is 0 Å². The Morgan fingerprint density at radius 2 is 1.53 bits per heavy atom. The summed E-state index contributed by atoms with van der Waals surface area (Å²) in [7, 11) is -3.75. The molecule has 178 valence electrons. The third kappa shape index (κ3) is 6.79. The van der Waals surface area contributed by atoms with Crippen LogP contribution in [0.1, 0.15) is 22.3 Å². The predicted octanol–water partition coefficient (Wildman–Crippen LogP) is 4.61. The van der Waals surface area contributed by atoms with Crippen LogP contribution in [-0.2, 0) is 14.8 Å². The lowest BCUT2D eigenvalue weighted by Crippen LogP contribution is -2.37. The van der Waals surface area contributed by atoms with Crippen LogP contribution in [0.15, 0.2) is 65.6 Å². The number of rotatable bonds is 7. The van der Waals surface area contributed by atoms with E-state index in [1.54, 1.807) is 18.2 Å². The van der Waals surface area contributed by atoms with Gasteiger partial charge in [-0.2, -0.15) is 0 Å². The quantitative estimate of drug-likeness (QED) is 0.413. The molecular formula is C25H27N3O4S2. The molecule has 3 N–H and O–H groups in total. The lowest BCUT2D eigenvalue weighted by molar-refractivity contribution is -0.121. The van der Waals surface area contributed by atoms with Crippen molar-refractivity contribution in [2.45, 2.75) is 32.6 Å². The Labute approximate surface area is 205 Å². The zero-order valence-corrected chi connectivity index (χ0v) is 21.1.